The molecule has 3 fully saturated rings. The van der Waals surface area contributed by atoms with Gasteiger partial charge in [-0.2, -0.15) is 0 Å². The zero-order chi connectivity index (χ0) is 33.8. The number of fused-ring (bicyclic) bond motifs is 1. The van der Waals surface area contributed by atoms with Gasteiger partial charge in [-0.25, -0.2) is 0 Å². The molecule has 0 radical (unpaired) electrons. The summed E-state index contributed by atoms with van der Waals surface area (Å²) in [6.45, 7) is 15.4. The number of hydrogen-bond acceptors (Lipinski definition) is 6. The van der Waals surface area contributed by atoms with E-state index < -0.39 is 33.4 Å². The lowest BCUT2D eigenvalue weighted by atomic mass is 9.66. The minimum atomic E-state index is -0.832. The van der Waals surface area contributed by atoms with Crippen LogP contribution in [0.15, 0.2) is 79.9 Å². The van der Waals surface area contributed by atoms with Gasteiger partial charge < -0.3 is 24.5 Å². The highest BCUT2D eigenvalue weighted by Gasteiger charge is 2.78. The first-order valence-corrected chi connectivity index (χ1v) is 17.8. The fourth-order valence-corrected chi connectivity index (χ4v) is 10.4. The van der Waals surface area contributed by atoms with Crippen molar-refractivity contribution in [3.8, 4) is 5.75 Å². The van der Waals surface area contributed by atoms with Crippen molar-refractivity contribution in [3.05, 3.63) is 85.5 Å². The summed E-state index contributed by atoms with van der Waals surface area (Å²) in [5, 5.41) is 10.9. The topological polar surface area (TPSA) is 90.4 Å². The Labute approximate surface area is 283 Å². The number of aliphatic hydroxyl groups is 1. The third-order valence-electron chi connectivity index (χ3n) is 10.1. The van der Waals surface area contributed by atoms with Crippen molar-refractivity contribution in [2.45, 2.75) is 74.5 Å². The standard InChI is InChI=1S/C38H49N3O5S/c1-6-10-14-25-39(23-7-2)36(45)33-38-22-21-37(5,47-38)31(32(38)35(44)41(33)30(26-42)27-15-12-11-13-16-27)34(43)40(24-8-3)28-17-19-29(20-18-28)46-9-4/h7-8,11-13,15-20,30-33,42H,2-3,6,9-10,14,21-26H2,1,4-5H3/t30-,31+,32+,33?,37-,38?/m1/s1. The summed E-state index contributed by atoms with van der Waals surface area (Å²) < 4.78 is 4.28. The van der Waals surface area contributed by atoms with E-state index in [4.69, 9.17) is 4.74 Å². The van der Waals surface area contributed by atoms with Crippen molar-refractivity contribution in [3.63, 3.8) is 0 Å². The molecule has 2 unspecified atom stereocenters. The number of likely N-dealkylation sites (tertiary alicyclic amines) is 1. The summed E-state index contributed by atoms with van der Waals surface area (Å²) >= 11 is 1.65. The minimum Gasteiger partial charge on any atom is -0.494 e. The second-order valence-corrected chi connectivity index (χ2v) is 14.9. The predicted molar refractivity (Wildman–Crippen MR) is 188 cm³/mol. The van der Waals surface area contributed by atoms with Gasteiger partial charge in [-0.15, -0.1) is 24.9 Å². The van der Waals surface area contributed by atoms with Crippen LogP contribution in [-0.2, 0) is 14.4 Å². The van der Waals surface area contributed by atoms with Crippen molar-refractivity contribution in [1.82, 2.24) is 9.80 Å². The Bertz CT molecular complexity index is 1450. The van der Waals surface area contributed by atoms with E-state index in [9.17, 15) is 19.5 Å². The van der Waals surface area contributed by atoms with Gasteiger partial charge in [-0.05, 0) is 62.9 Å². The van der Waals surface area contributed by atoms with E-state index >= 15 is 0 Å². The van der Waals surface area contributed by atoms with Crippen molar-refractivity contribution >= 4 is 35.2 Å². The molecule has 1 N–H and O–H groups in total. The van der Waals surface area contributed by atoms with Crippen LogP contribution >= 0.6 is 11.8 Å². The molecule has 5 rings (SSSR count). The lowest BCUT2D eigenvalue weighted by Crippen LogP contribution is -2.56. The zero-order valence-electron chi connectivity index (χ0n) is 28.0. The number of unbranched alkanes of at least 4 members (excludes halogenated alkanes) is 2. The maximum atomic E-state index is 15.0. The van der Waals surface area contributed by atoms with Gasteiger partial charge in [0.1, 0.15) is 11.8 Å². The number of hydrogen-bond donors (Lipinski definition) is 1. The Balaban J connectivity index is 1.60. The molecule has 47 heavy (non-hydrogen) atoms. The number of aliphatic hydroxyl groups excluding tert-OH is 1. The van der Waals surface area contributed by atoms with Crippen molar-refractivity contribution < 1.29 is 24.2 Å². The molecular weight excluding hydrogens is 611 g/mol. The van der Waals surface area contributed by atoms with Crippen molar-refractivity contribution in [1.29, 1.82) is 0 Å². The van der Waals surface area contributed by atoms with Gasteiger partial charge in [0.2, 0.25) is 17.7 Å². The number of benzene rings is 2. The van der Waals surface area contributed by atoms with E-state index in [2.05, 4.69) is 27.0 Å². The Morgan fingerprint density at radius 2 is 1.74 bits per heavy atom. The zero-order valence-corrected chi connectivity index (χ0v) is 28.8. The summed E-state index contributed by atoms with van der Waals surface area (Å²) in [7, 11) is 0. The first kappa shape index (κ1) is 34.8. The molecular formula is C38H49N3O5S. The van der Waals surface area contributed by atoms with Crippen LogP contribution in [0.4, 0.5) is 5.69 Å². The van der Waals surface area contributed by atoms with E-state index in [1.807, 2.05) is 66.4 Å². The Morgan fingerprint density at radius 3 is 2.36 bits per heavy atom. The largest absolute Gasteiger partial charge is 0.494 e. The molecule has 8 nitrogen and oxygen atoms in total. The summed E-state index contributed by atoms with van der Waals surface area (Å²) in [5.41, 5.74) is 1.46. The van der Waals surface area contributed by atoms with Gasteiger partial charge in [0.15, 0.2) is 0 Å². The molecule has 0 aliphatic carbocycles. The van der Waals surface area contributed by atoms with Gasteiger partial charge in [-0.1, -0.05) is 62.2 Å². The molecule has 3 saturated heterocycles. The minimum absolute atomic E-state index is 0.134. The quantitative estimate of drug-likeness (QED) is 0.175. The average Bonchev–Trinajstić information content (AvgIpc) is 3.65. The Hall–Kier alpha value is -3.56. The van der Waals surface area contributed by atoms with Crippen molar-refractivity contribution in [2.24, 2.45) is 11.8 Å². The average molecular weight is 660 g/mol. The molecule has 3 heterocycles. The fourth-order valence-electron chi connectivity index (χ4n) is 8.07. The van der Waals surface area contributed by atoms with E-state index in [0.717, 1.165) is 24.8 Å². The number of carbonyl (C=O) groups is 3. The Kier molecular flexibility index (Phi) is 10.9. The monoisotopic (exact) mass is 659 g/mol. The van der Waals surface area contributed by atoms with Crippen LogP contribution in [0.2, 0.25) is 0 Å². The molecule has 1 spiro atoms. The first-order chi connectivity index (χ1) is 22.7. The maximum Gasteiger partial charge on any atom is 0.247 e. The summed E-state index contributed by atoms with van der Waals surface area (Å²) in [4.78, 5) is 49.9. The summed E-state index contributed by atoms with van der Waals surface area (Å²) in [6.07, 6.45) is 7.62. The highest BCUT2D eigenvalue weighted by molar-refractivity contribution is 8.02. The molecule has 9 heteroatoms. The number of anilines is 1. The molecule has 252 valence electrons. The smallest absolute Gasteiger partial charge is 0.247 e. The Morgan fingerprint density at radius 1 is 1.04 bits per heavy atom. The molecule has 3 aliphatic rings. The molecule has 2 aromatic carbocycles. The number of ether oxygens (including phenoxy) is 1. The van der Waals surface area contributed by atoms with E-state index in [1.54, 1.807) is 33.7 Å². The first-order valence-electron chi connectivity index (χ1n) is 16.9. The van der Waals surface area contributed by atoms with Crippen LogP contribution in [0.5, 0.6) is 5.75 Å². The number of rotatable bonds is 16. The third-order valence-corrected chi connectivity index (χ3v) is 12.1. The van der Waals surface area contributed by atoms with Gasteiger partial charge in [0.25, 0.3) is 0 Å². The third kappa shape index (κ3) is 6.24. The lowest BCUT2D eigenvalue weighted by Gasteiger charge is -2.40. The van der Waals surface area contributed by atoms with Gasteiger partial charge >= 0.3 is 0 Å². The van der Waals surface area contributed by atoms with Crippen LogP contribution in [-0.4, -0.2) is 81.0 Å². The van der Waals surface area contributed by atoms with Crippen LogP contribution in [0.3, 0.4) is 0 Å². The molecule has 0 aromatic heterocycles. The van der Waals surface area contributed by atoms with Crippen LogP contribution < -0.4 is 9.64 Å². The normalized spacial score (nSPS) is 26.5. The van der Waals surface area contributed by atoms with E-state index in [-0.39, 0.29) is 30.9 Å². The summed E-state index contributed by atoms with van der Waals surface area (Å²) in [6, 6.07) is 15.3. The highest BCUT2D eigenvalue weighted by atomic mass is 32.2. The molecule has 0 saturated carbocycles. The molecule has 2 aromatic rings. The maximum absolute atomic E-state index is 15.0. The SMILES string of the molecule is C=CCN(CCCCC)C(=O)C1N([C@H](CO)c2ccccc2)C(=O)[C@@H]2[C@@H](C(=O)N(CC=C)c3ccc(OCC)cc3)[C@@]3(C)CCC12S3. The van der Waals surface area contributed by atoms with Gasteiger partial charge in [-0.3, -0.25) is 14.4 Å². The number of thioether (sulfide) groups is 1. The second kappa shape index (κ2) is 14.7. The lowest BCUT2D eigenvalue weighted by molar-refractivity contribution is -0.146. The molecule has 3 aliphatic heterocycles. The van der Waals surface area contributed by atoms with Gasteiger partial charge in [0, 0.05) is 30.1 Å². The van der Waals surface area contributed by atoms with Crippen molar-refractivity contribution in [2.75, 3.05) is 37.7 Å². The van der Waals surface area contributed by atoms with Crippen LogP contribution in [0, 0.1) is 11.8 Å². The number of amides is 3. The van der Waals surface area contributed by atoms with E-state index in [0.29, 0.717) is 44.0 Å². The van der Waals surface area contributed by atoms with Gasteiger partial charge in [0.05, 0.1) is 35.8 Å². The number of carbonyl (C=O) groups excluding carboxylic acids is 3. The number of nitrogens with zero attached hydrogens (tertiary/aromatic N) is 3. The fraction of sp³-hybridized carbons (Fsp3) is 0.500. The second-order valence-electron chi connectivity index (χ2n) is 13.0. The van der Waals surface area contributed by atoms with Crippen LogP contribution in [0.25, 0.3) is 0 Å². The highest BCUT2D eigenvalue weighted by Crippen LogP contribution is 2.72. The molecule has 3 amide bonds. The van der Waals surface area contributed by atoms with E-state index in [1.165, 1.54) is 0 Å². The summed E-state index contributed by atoms with van der Waals surface area (Å²) in [5.74, 6) is -1.19. The molecule has 6 atom stereocenters. The van der Waals surface area contributed by atoms with Crippen LogP contribution in [0.1, 0.15) is 64.5 Å². The predicted octanol–water partition coefficient (Wildman–Crippen LogP) is 6.02. The molecule has 2 bridgehead atoms.